The SMILES string of the molecule is CC[C@@H](Oc1ccccc1)C(=O)N[C@@H](C)c1ccccc1OC. The molecule has 2 atom stereocenters. The van der Waals surface area contributed by atoms with E-state index in [-0.39, 0.29) is 11.9 Å². The van der Waals surface area contributed by atoms with Crippen molar-refractivity contribution in [3.8, 4) is 11.5 Å². The van der Waals surface area contributed by atoms with Gasteiger partial charge in [0.05, 0.1) is 13.2 Å². The molecule has 2 aromatic carbocycles. The van der Waals surface area contributed by atoms with E-state index in [2.05, 4.69) is 5.32 Å². The quantitative estimate of drug-likeness (QED) is 0.847. The van der Waals surface area contributed by atoms with E-state index in [1.54, 1.807) is 7.11 Å². The summed E-state index contributed by atoms with van der Waals surface area (Å²) in [6.07, 6.45) is 0.0777. The average molecular weight is 313 g/mol. The number of rotatable bonds is 7. The van der Waals surface area contributed by atoms with Gasteiger partial charge in [0.15, 0.2) is 6.10 Å². The first-order valence-corrected chi connectivity index (χ1v) is 7.80. The molecule has 0 aliphatic rings. The number of nitrogens with one attached hydrogen (secondary N) is 1. The number of carbonyl (C=O) groups excluding carboxylic acids is 1. The van der Waals surface area contributed by atoms with Gasteiger partial charge >= 0.3 is 0 Å². The highest BCUT2D eigenvalue weighted by Crippen LogP contribution is 2.24. The minimum Gasteiger partial charge on any atom is -0.496 e. The van der Waals surface area contributed by atoms with Crippen molar-refractivity contribution in [2.45, 2.75) is 32.4 Å². The molecule has 0 heterocycles. The van der Waals surface area contributed by atoms with Crippen molar-refractivity contribution in [3.63, 3.8) is 0 Å². The molecule has 0 aliphatic carbocycles. The van der Waals surface area contributed by atoms with Gasteiger partial charge in [-0.2, -0.15) is 0 Å². The third-order valence-electron chi connectivity index (χ3n) is 3.65. The van der Waals surface area contributed by atoms with Gasteiger partial charge in [0, 0.05) is 5.56 Å². The third-order valence-corrected chi connectivity index (χ3v) is 3.65. The molecule has 4 heteroatoms. The molecule has 23 heavy (non-hydrogen) atoms. The van der Waals surface area contributed by atoms with Crippen LogP contribution in [-0.2, 0) is 4.79 Å². The van der Waals surface area contributed by atoms with Crippen molar-refractivity contribution < 1.29 is 14.3 Å². The summed E-state index contributed by atoms with van der Waals surface area (Å²) in [7, 11) is 1.63. The highest BCUT2D eigenvalue weighted by Gasteiger charge is 2.21. The van der Waals surface area contributed by atoms with Gasteiger partial charge in [-0.3, -0.25) is 4.79 Å². The Morgan fingerprint density at radius 2 is 1.74 bits per heavy atom. The Kier molecular flexibility index (Phi) is 6.03. The van der Waals surface area contributed by atoms with Crippen LogP contribution < -0.4 is 14.8 Å². The van der Waals surface area contributed by atoms with Crippen LogP contribution in [-0.4, -0.2) is 19.1 Å². The van der Waals surface area contributed by atoms with Gasteiger partial charge in [-0.15, -0.1) is 0 Å². The minimum atomic E-state index is -0.519. The van der Waals surface area contributed by atoms with Crippen LogP contribution in [0.4, 0.5) is 0 Å². The van der Waals surface area contributed by atoms with Crippen LogP contribution in [0.1, 0.15) is 31.9 Å². The van der Waals surface area contributed by atoms with Gasteiger partial charge in [-0.05, 0) is 31.5 Å². The van der Waals surface area contributed by atoms with Crippen LogP contribution in [0.15, 0.2) is 54.6 Å². The zero-order valence-corrected chi connectivity index (χ0v) is 13.8. The zero-order chi connectivity index (χ0) is 16.7. The molecule has 0 radical (unpaired) electrons. The molecule has 0 bridgehead atoms. The molecule has 1 amide bonds. The molecule has 4 nitrogen and oxygen atoms in total. The smallest absolute Gasteiger partial charge is 0.261 e. The Balaban J connectivity index is 2.04. The molecule has 0 aromatic heterocycles. The lowest BCUT2D eigenvalue weighted by Crippen LogP contribution is -2.39. The van der Waals surface area contributed by atoms with E-state index >= 15 is 0 Å². The predicted molar refractivity (Wildman–Crippen MR) is 90.7 cm³/mol. The lowest BCUT2D eigenvalue weighted by molar-refractivity contribution is -0.128. The van der Waals surface area contributed by atoms with E-state index in [1.165, 1.54) is 0 Å². The molecular formula is C19H23NO3. The summed E-state index contributed by atoms with van der Waals surface area (Å²) in [5.74, 6) is 1.33. The third kappa shape index (κ3) is 4.49. The predicted octanol–water partition coefficient (Wildman–Crippen LogP) is 3.73. The number of amides is 1. The van der Waals surface area contributed by atoms with Gasteiger partial charge in [0.1, 0.15) is 11.5 Å². The number of benzene rings is 2. The summed E-state index contributed by atoms with van der Waals surface area (Å²) in [5.41, 5.74) is 0.943. The number of ether oxygens (including phenoxy) is 2. The van der Waals surface area contributed by atoms with Gasteiger partial charge < -0.3 is 14.8 Å². The summed E-state index contributed by atoms with van der Waals surface area (Å²) in [6.45, 7) is 3.87. The Labute approximate surface area is 137 Å². The Morgan fingerprint density at radius 3 is 2.39 bits per heavy atom. The van der Waals surface area contributed by atoms with Crippen molar-refractivity contribution in [1.82, 2.24) is 5.32 Å². The highest BCUT2D eigenvalue weighted by atomic mass is 16.5. The molecule has 0 saturated heterocycles. The maximum Gasteiger partial charge on any atom is 0.261 e. The van der Waals surface area contributed by atoms with E-state index < -0.39 is 6.10 Å². The Hall–Kier alpha value is -2.49. The standard InChI is InChI=1S/C19H23NO3/c1-4-17(23-15-10-6-5-7-11-15)19(21)20-14(2)16-12-8-9-13-18(16)22-3/h5-14,17H,4H2,1-3H3,(H,20,21)/t14-,17+/m0/s1. The first-order valence-electron chi connectivity index (χ1n) is 7.80. The van der Waals surface area contributed by atoms with Crippen LogP contribution in [0.3, 0.4) is 0 Å². The first kappa shape index (κ1) is 16.9. The second-order valence-corrected chi connectivity index (χ2v) is 5.30. The molecule has 2 rings (SSSR count). The molecule has 1 N–H and O–H groups in total. The number of hydrogen-bond donors (Lipinski definition) is 1. The summed E-state index contributed by atoms with van der Waals surface area (Å²) in [5, 5.41) is 3.00. The van der Waals surface area contributed by atoms with Gasteiger partial charge in [0.2, 0.25) is 0 Å². The van der Waals surface area contributed by atoms with Crippen molar-refractivity contribution >= 4 is 5.91 Å². The van der Waals surface area contributed by atoms with E-state index in [4.69, 9.17) is 9.47 Å². The van der Waals surface area contributed by atoms with Crippen LogP contribution in [0.25, 0.3) is 0 Å². The molecule has 0 spiro atoms. The van der Waals surface area contributed by atoms with E-state index in [9.17, 15) is 4.79 Å². The van der Waals surface area contributed by atoms with Crippen molar-refractivity contribution in [2.24, 2.45) is 0 Å². The van der Waals surface area contributed by atoms with E-state index in [0.29, 0.717) is 12.2 Å². The van der Waals surface area contributed by atoms with Crippen LogP contribution in [0.2, 0.25) is 0 Å². The monoisotopic (exact) mass is 313 g/mol. The maximum absolute atomic E-state index is 12.5. The molecule has 0 saturated carbocycles. The number of methoxy groups -OCH3 is 1. The van der Waals surface area contributed by atoms with E-state index in [1.807, 2.05) is 68.4 Å². The van der Waals surface area contributed by atoms with Crippen molar-refractivity contribution in [2.75, 3.05) is 7.11 Å². The van der Waals surface area contributed by atoms with Crippen molar-refractivity contribution in [1.29, 1.82) is 0 Å². The highest BCUT2D eigenvalue weighted by molar-refractivity contribution is 5.81. The van der Waals surface area contributed by atoms with Crippen LogP contribution in [0, 0.1) is 0 Å². The maximum atomic E-state index is 12.5. The second-order valence-electron chi connectivity index (χ2n) is 5.30. The Bertz CT molecular complexity index is 628. The van der Waals surface area contributed by atoms with Gasteiger partial charge in [0.25, 0.3) is 5.91 Å². The topological polar surface area (TPSA) is 47.6 Å². The molecular weight excluding hydrogens is 290 g/mol. The minimum absolute atomic E-state index is 0.130. The fraction of sp³-hybridized carbons (Fsp3) is 0.316. The average Bonchev–Trinajstić information content (AvgIpc) is 2.60. The first-order chi connectivity index (χ1) is 11.2. The van der Waals surface area contributed by atoms with Gasteiger partial charge in [-0.25, -0.2) is 0 Å². The largest absolute Gasteiger partial charge is 0.496 e. The number of hydrogen-bond acceptors (Lipinski definition) is 3. The summed E-state index contributed by atoms with van der Waals surface area (Å²) in [6, 6.07) is 16.9. The summed E-state index contributed by atoms with van der Waals surface area (Å²) >= 11 is 0. The second kappa shape index (κ2) is 8.22. The summed E-state index contributed by atoms with van der Waals surface area (Å²) < 4.78 is 11.1. The lowest BCUT2D eigenvalue weighted by Gasteiger charge is -2.21. The fourth-order valence-corrected chi connectivity index (χ4v) is 2.39. The fourth-order valence-electron chi connectivity index (χ4n) is 2.39. The molecule has 122 valence electrons. The van der Waals surface area contributed by atoms with E-state index in [0.717, 1.165) is 11.3 Å². The molecule has 0 aliphatic heterocycles. The van der Waals surface area contributed by atoms with Crippen LogP contribution in [0.5, 0.6) is 11.5 Å². The van der Waals surface area contributed by atoms with Crippen LogP contribution >= 0.6 is 0 Å². The summed E-state index contributed by atoms with van der Waals surface area (Å²) in [4.78, 5) is 12.5. The Morgan fingerprint density at radius 1 is 1.09 bits per heavy atom. The molecule has 0 unspecified atom stereocenters. The zero-order valence-electron chi connectivity index (χ0n) is 13.8. The number of para-hydroxylation sites is 2. The van der Waals surface area contributed by atoms with Crippen molar-refractivity contribution in [3.05, 3.63) is 60.2 Å². The van der Waals surface area contributed by atoms with Gasteiger partial charge in [-0.1, -0.05) is 43.3 Å². The molecule has 2 aromatic rings. The normalized spacial score (nSPS) is 13.0. The molecule has 0 fully saturated rings. The number of carbonyl (C=O) groups is 1. The lowest BCUT2D eigenvalue weighted by atomic mass is 10.1.